The molecule has 0 spiro atoms. The Bertz CT molecular complexity index is 290. The first-order valence-corrected chi connectivity index (χ1v) is 6.10. The molecule has 3 heteroatoms. The van der Waals surface area contributed by atoms with Crippen molar-refractivity contribution >= 4 is 11.3 Å². The SMILES string of the molecule is C1=C(CCNCc2nccs2)CCC1. The summed E-state index contributed by atoms with van der Waals surface area (Å²) in [5.41, 5.74) is 1.64. The maximum atomic E-state index is 4.23. The topological polar surface area (TPSA) is 24.9 Å². The lowest BCUT2D eigenvalue weighted by Crippen LogP contribution is -2.14. The largest absolute Gasteiger partial charge is 0.310 e. The number of aromatic nitrogens is 1. The molecule has 1 N–H and O–H groups in total. The van der Waals surface area contributed by atoms with E-state index in [4.69, 9.17) is 0 Å². The number of hydrogen-bond acceptors (Lipinski definition) is 3. The fraction of sp³-hybridized carbons (Fsp3) is 0.545. The third-order valence-corrected chi connectivity index (χ3v) is 3.30. The summed E-state index contributed by atoms with van der Waals surface area (Å²) in [6, 6.07) is 0. The van der Waals surface area contributed by atoms with E-state index in [1.54, 1.807) is 16.9 Å². The zero-order chi connectivity index (χ0) is 9.64. The van der Waals surface area contributed by atoms with Crippen molar-refractivity contribution < 1.29 is 0 Å². The van der Waals surface area contributed by atoms with Crippen LogP contribution in [0.25, 0.3) is 0 Å². The van der Waals surface area contributed by atoms with E-state index < -0.39 is 0 Å². The molecule has 1 aliphatic rings. The zero-order valence-electron chi connectivity index (χ0n) is 8.33. The van der Waals surface area contributed by atoms with E-state index in [9.17, 15) is 0 Å². The third-order valence-electron chi connectivity index (χ3n) is 2.52. The van der Waals surface area contributed by atoms with Gasteiger partial charge in [0.25, 0.3) is 0 Å². The van der Waals surface area contributed by atoms with Gasteiger partial charge in [-0.25, -0.2) is 4.98 Å². The molecular weight excluding hydrogens is 192 g/mol. The monoisotopic (exact) mass is 208 g/mol. The molecular formula is C11H16N2S. The highest BCUT2D eigenvalue weighted by Crippen LogP contribution is 2.19. The lowest BCUT2D eigenvalue weighted by molar-refractivity contribution is 0.673. The highest BCUT2D eigenvalue weighted by atomic mass is 32.1. The standard InChI is InChI=1S/C11H16N2S/c1-2-4-10(3-1)5-6-12-9-11-13-7-8-14-11/h3,7-8,12H,1-2,4-6,9H2. The molecule has 0 aromatic carbocycles. The van der Waals surface area contributed by atoms with Crippen molar-refractivity contribution in [2.75, 3.05) is 6.54 Å². The fourth-order valence-electron chi connectivity index (χ4n) is 1.75. The first-order valence-electron chi connectivity index (χ1n) is 5.22. The summed E-state index contributed by atoms with van der Waals surface area (Å²) in [7, 11) is 0. The summed E-state index contributed by atoms with van der Waals surface area (Å²) in [6.45, 7) is 2.01. The molecule has 0 unspecified atom stereocenters. The quantitative estimate of drug-likeness (QED) is 0.594. The molecule has 0 fully saturated rings. The molecule has 0 bridgehead atoms. The van der Waals surface area contributed by atoms with Gasteiger partial charge in [0, 0.05) is 18.1 Å². The van der Waals surface area contributed by atoms with E-state index in [2.05, 4.69) is 16.4 Å². The molecule has 0 aliphatic heterocycles. The van der Waals surface area contributed by atoms with E-state index >= 15 is 0 Å². The van der Waals surface area contributed by atoms with E-state index in [1.165, 1.54) is 30.7 Å². The van der Waals surface area contributed by atoms with Crippen molar-refractivity contribution in [1.82, 2.24) is 10.3 Å². The number of allylic oxidation sites excluding steroid dienone is 1. The molecule has 2 nitrogen and oxygen atoms in total. The Morgan fingerprint density at radius 2 is 2.50 bits per heavy atom. The van der Waals surface area contributed by atoms with Gasteiger partial charge in [-0.3, -0.25) is 0 Å². The maximum Gasteiger partial charge on any atom is 0.106 e. The van der Waals surface area contributed by atoms with E-state index in [0.717, 1.165) is 13.1 Å². The highest BCUT2D eigenvalue weighted by Gasteiger charge is 2.03. The highest BCUT2D eigenvalue weighted by molar-refractivity contribution is 7.09. The summed E-state index contributed by atoms with van der Waals surface area (Å²) in [4.78, 5) is 4.23. The maximum absolute atomic E-state index is 4.23. The van der Waals surface area contributed by atoms with Crippen LogP contribution in [0, 0.1) is 0 Å². The normalized spacial score (nSPS) is 15.9. The number of nitrogens with one attached hydrogen (secondary N) is 1. The Kier molecular flexibility index (Phi) is 3.72. The second kappa shape index (κ2) is 5.27. The zero-order valence-corrected chi connectivity index (χ0v) is 9.15. The number of nitrogens with zero attached hydrogens (tertiary/aromatic N) is 1. The third kappa shape index (κ3) is 2.93. The van der Waals surface area contributed by atoms with Gasteiger partial charge in [0.1, 0.15) is 5.01 Å². The fourth-order valence-corrected chi connectivity index (χ4v) is 2.33. The van der Waals surface area contributed by atoms with Gasteiger partial charge in [-0.05, 0) is 32.2 Å². The van der Waals surface area contributed by atoms with Crippen LogP contribution in [0.5, 0.6) is 0 Å². The van der Waals surface area contributed by atoms with Crippen molar-refractivity contribution in [2.24, 2.45) is 0 Å². The van der Waals surface area contributed by atoms with Gasteiger partial charge < -0.3 is 5.32 Å². The average Bonchev–Trinajstić information content (AvgIpc) is 2.86. The predicted octanol–water partition coefficient (Wildman–Crippen LogP) is 2.73. The van der Waals surface area contributed by atoms with Crippen molar-refractivity contribution in [1.29, 1.82) is 0 Å². The molecule has 0 saturated carbocycles. The van der Waals surface area contributed by atoms with Crippen molar-refractivity contribution in [3.8, 4) is 0 Å². The van der Waals surface area contributed by atoms with Crippen LogP contribution in [0.4, 0.5) is 0 Å². The minimum absolute atomic E-state index is 0.922. The molecule has 2 rings (SSSR count). The summed E-state index contributed by atoms with van der Waals surface area (Å²) in [6.07, 6.45) is 9.44. The van der Waals surface area contributed by atoms with Gasteiger partial charge in [-0.15, -0.1) is 11.3 Å². The molecule has 0 atom stereocenters. The Balaban J connectivity index is 1.59. The molecule has 1 aromatic rings. The van der Waals surface area contributed by atoms with Crippen LogP contribution >= 0.6 is 11.3 Å². The van der Waals surface area contributed by atoms with Gasteiger partial charge >= 0.3 is 0 Å². The second-order valence-corrected chi connectivity index (χ2v) is 4.59. The Morgan fingerprint density at radius 3 is 3.21 bits per heavy atom. The van der Waals surface area contributed by atoms with Crippen LogP contribution in [-0.2, 0) is 6.54 Å². The van der Waals surface area contributed by atoms with Crippen LogP contribution in [0.3, 0.4) is 0 Å². The average molecular weight is 208 g/mol. The number of rotatable bonds is 5. The smallest absolute Gasteiger partial charge is 0.106 e. The van der Waals surface area contributed by atoms with Crippen LogP contribution in [-0.4, -0.2) is 11.5 Å². The predicted molar refractivity (Wildman–Crippen MR) is 60.4 cm³/mol. The van der Waals surface area contributed by atoms with Crippen molar-refractivity contribution in [3.63, 3.8) is 0 Å². The number of thiazole rings is 1. The van der Waals surface area contributed by atoms with Gasteiger partial charge in [-0.1, -0.05) is 11.6 Å². The van der Waals surface area contributed by atoms with Gasteiger partial charge in [0.15, 0.2) is 0 Å². The Hall–Kier alpha value is -0.670. The molecule has 0 radical (unpaired) electrons. The Morgan fingerprint density at radius 1 is 1.50 bits per heavy atom. The number of hydrogen-bond donors (Lipinski definition) is 1. The molecule has 1 heterocycles. The molecule has 76 valence electrons. The van der Waals surface area contributed by atoms with Crippen molar-refractivity contribution in [2.45, 2.75) is 32.2 Å². The summed E-state index contributed by atoms with van der Waals surface area (Å²) >= 11 is 1.72. The first kappa shape index (κ1) is 9.87. The summed E-state index contributed by atoms with van der Waals surface area (Å²) in [5.74, 6) is 0. The molecule has 0 saturated heterocycles. The molecule has 14 heavy (non-hydrogen) atoms. The minimum Gasteiger partial charge on any atom is -0.310 e. The van der Waals surface area contributed by atoms with E-state index in [1.807, 2.05) is 11.6 Å². The first-order chi connectivity index (χ1) is 6.95. The summed E-state index contributed by atoms with van der Waals surface area (Å²) < 4.78 is 0. The van der Waals surface area contributed by atoms with Crippen molar-refractivity contribution in [3.05, 3.63) is 28.2 Å². The Labute approximate surface area is 89.1 Å². The van der Waals surface area contributed by atoms with E-state index in [0.29, 0.717) is 0 Å². The lowest BCUT2D eigenvalue weighted by atomic mass is 10.2. The van der Waals surface area contributed by atoms with Crippen LogP contribution < -0.4 is 5.32 Å². The minimum atomic E-state index is 0.922. The van der Waals surface area contributed by atoms with Gasteiger partial charge in [0.2, 0.25) is 0 Å². The van der Waals surface area contributed by atoms with E-state index in [-0.39, 0.29) is 0 Å². The molecule has 1 aromatic heterocycles. The van der Waals surface area contributed by atoms with Crippen LogP contribution in [0.1, 0.15) is 30.7 Å². The van der Waals surface area contributed by atoms with Crippen LogP contribution in [0.15, 0.2) is 23.2 Å². The van der Waals surface area contributed by atoms with Gasteiger partial charge in [-0.2, -0.15) is 0 Å². The second-order valence-electron chi connectivity index (χ2n) is 3.61. The molecule has 1 aliphatic carbocycles. The lowest BCUT2D eigenvalue weighted by Gasteiger charge is -2.02. The van der Waals surface area contributed by atoms with Crippen LogP contribution in [0.2, 0.25) is 0 Å². The summed E-state index contributed by atoms with van der Waals surface area (Å²) in [5, 5.41) is 6.63. The van der Waals surface area contributed by atoms with Gasteiger partial charge in [0.05, 0.1) is 0 Å². The molecule has 0 amide bonds.